The Morgan fingerprint density at radius 1 is 1.30 bits per heavy atom. The molecule has 0 aliphatic rings. The fourth-order valence-electron chi connectivity index (χ4n) is 0.255. The molecule has 0 aromatic heterocycles. The molecule has 3 N–H and O–H groups in total. The van der Waals surface area contributed by atoms with E-state index in [2.05, 4.69) is 4.73 Å². The van der Waals surface area contributed by atoms with Crippen LogP contribution >= 0.6 is 15.2 Å². The molecular formula is CH5FO6P2. The molecule has 0 aliphatic heterocycles. The Bertz CT molecular complexity index is 194. The maximum absolute atomic E-state index is 10.9. The van der Waals surface area contributed by atoms with Gasteiger partial charge >= 0.3 is 15.2 Å². The highest BCUT2D eigenvalue weighted by atomic mass is 31.2. The van der Waals surface area contributed by atoms with E-state index in [1.165, 1.54) is 0 Å². The second kappa shape index (κ2) is 3.09. The molecule has 0 radical (unpaired) electrons. The molecule has 6 nitrogen and oxygen atoms in total. The Labute approximate surface area is 55.2 Å². The molecular weight excluding hydrogens is 189 g/mol. The van der Waals surface area contributed by atoms with Gasteiger partial charge in [0.05, 0.1) is 0 Å². The van der Waals surface area contributed by atoms with Gasteiger partial charge in [-0.15, -0.1) is 4.73 Å². The Balaban J connectivity index is 4.17. The lowest BCUT2D eigenvalue weighted by Crippen LogP contribution is -1.89. The summed E-state index contributed by atoms with van der Waals surface area (Å²) in [5.74, 6) is -1.50. The molecule has 0 saturated heterocycles. The molecule has 10 heavy (non-hydrogen) atoms. The first kappa shape index (κ1) is 10.2. The zero-order chi connectivity index (χ0) is 8.41. The van der Waals surface area contributed by atoms with Gasteiger partial charge in [0.2, 0.25) is 0 Å². The molecule has 1 unspecified atom stereocenters. The van der Waals surface area contributed by atoms with Crippen LogP contribution in [0, 0.1) is 0 Å². The van der Waals surface area contributed by atoms with Crippen LogP contribution in [0.1, 0.15) is 0 Å². The van der Waals surface area contributed by atoms with Crippen molar-refractivity contribution in [1.29, 1.82) is 0 Å². The molecule has 0 aromatic carbocycles. The van der Waals surface area contributed by atoms with Crippen LogP contribution in [-0.4, -0.2) is 20.6 Å². The highest BCUT2D eigenvalue weighted by Crippen LogP contribution is 2.55. The molecule has 0 aliphatic carbocycles. The number of hydrogen-bond donors (Lipinski definition) is 3. The fraction of sp³-hybridized carbons (Fsp3) is 1.00. The standard InChI is InChI=1S/CH5FO6P2/c2-8-10(6,7)1-9(3,4)5/h1H2,(H,6,7)(H2,3,4,5). The highest BCUT2D eigenvalue weighted by Gasteiger charge is 2.31. The van der Waals surface area contributed by atoms with Crippen LogP contribution in [0.4, 0.5) is 4.53 Å². The minimum absolute atomic E-state index is 1.50. The Morgan fingerprint density at radius 3 is 1.80 bits per heavy atom. The van der Waals surface area contributed by atoms with Crippen LogP contribution < -0.4 is 0 Å². The summed E-state index contributed by atoms with van der Waals surface area (Å²) in [4.78, 5) is 24.2. The van der Waals surface area contributed by atoms with Crippen LogP contribution in [0.25, 0.3) is 0 Å². The van der Waals surface area contributed by atoms with Gasteiger partial charge in [-0.05, 0) is 4.53 Å². The number of halogens is 1. The zero-order valence-corrected chi connectivity index (χ0v) is 6.33. The number of rotatable bonds is 3. The lowest BCUT2D eigenvalue weighted by molar-refractivity contribution is -0.0179. The Kier molecular flexibility index (Phi) is 3.16. The summed E-state index contributed by atoms with van der Waals surface area (Å²) in [6.45, 7) is 0. The molecule has 0 aromatic rings. The quantitative estimate of drug-likeness (QED) is 0.554. The lowest BCUT2D eigenvalue weighted by Gasteiger charge is -2.05. The van der Waals surface area contributed by atoms with E-state index in [1.807, 2.05) is 0 Å². The third-order valence-electron chi connectivity index (χ3n) is 0.471. The van der Waals surface area contributed by atoms with Crippen LogP contribution in [0.2, 0.25) is 0 Å². The van der Waals surface area contributed by atoms with Crippen molar-refractivity contribution in [2.45, 2.75) is 0 Å². The number of hydrogen-bond acceptors (Lipinski definition) is 3. The predicted molar refractivity (Wildman–Crippen MR) is 28.9 cm³/mol. The molecule has 0 amide bonds. The second-order valence-electron chi connectivity index (χ2n) is 1.51. The SMILES string of the molecule is O=P(O)(O)CP(=O)(O)OF. The Morgan fingerprint density at radius 2 is 1.70 bits per heavy atom. The lowest BCUT2D eigenvalue weighted by atomic mass is 11.9. The van der Waals surface area contributed by atoms with Gasteiger partial charge in [-0.3, -0.25) is 9.13 Å². The third kappa shape index (κ3) is 5.05. The molecule has 0 rings (SSSR count). The van der Waals surface area contributed by atoms with E-state index in [1.54, 1.807) is 0 Å². The average Bonchev–Trinajstić information content (AvgIpc) is 1.60. The van der Waals surface area contributed by atoms with E-state index in [0.29, 0.717) is 0 Å². The van der Waals surface area contributed by atoms with E-state index >= 15 is 0 Å². The summed E-state index contributed by atoms with van der Waals surface area (Å²) in [6, 6.07) is 0. The summed E-state index contributed by atoms with van der Waals surface area (Å²) >= 11 is 0. The molecule has 0 fully saturated rings. The van der Waals surface area contributed by atoms with Crippen LogP contribution in [0.5, 0.6) is 0 Å². The maximum atomic E-state index is 10.9. The van der Waals surface area contributed by atoms with E-state index in [4.69, 9.17) is 14.7 Å². The average molecular weight is 194 g/mol. The molecule has 0 saturated carbocycles. The van der Waals surface area contributed by atoms with Crippen LogP contribution in [0.3, 0.4) is 0 Å². The summed E-state index contributed by atoms with van der Waals surface area (Å²) < 4.78 is 33.4. The van der Waals surface area contributed by atoms with E-state index in [9.17, 15) is 13.7 Å². The van der Waals surface area contributed by atoms with Gasteiger partial charge in [0, 0.05) is 0 Å². The van der Waals surface area contributed by atoms with Crippen LogP contribution in [0.15, 0.2) is 0 Å². The van der Waals surface area contributed by atoms with Gasteiger partial charge in [0.25, 0.3) is 0 Å². The van der Waals surface area contributed by atoms with Crippen molar-refractivity contribution in [2.24, 2.45) is 0 Å². The van der Waals surface area contributed by atoms with Crippen molar-refractivity contribution in [3.05, 3.63) is 0 Å². The normalized spacial score (nSPS) is 18.4. The van der Waals surface area contributed by atoms with E-state index in [0.717, 1.165) is 0 Å². The van der Waals surface area contributed by atoms with Crippen LogP contribution in [-0.2, 0) is 13.9 Å². The van der Waals surface area contributed by atoms with Crippen molar-refractivity contribution >= 4 is 15.2 Å². The van der Waals surface area contributed by atoms with Crippen molar-refractivity contribution in [1.82, 2.24) is 0 Å². The topological polar surface area (TPSA) is 104 Å². The summed E-state index contributed by atoms with van der Waals surface area (Å²) in [7, 11) is -9.41. The van der Waals surface area contributed by atoms with Crippen molar-refractivity contribution in [2.75, 3.05) is 5.90 Å². The molecule has 1 atom stereocenters. The van der Waals surface area contributed by atoms with Crippen molar-refractivity contribution < 1.29 is 33.1 Å². The van der Waals surface area contributed by atoms with E-state index in [-0.39, 0.29) is 0 Å². The van der Waals surface area contributed by atoms with Gasteiger partial charge < -0.3 is 14.7 Å². The first-order valence-electron chi connectivity index (χ1n) is 1.93. The minimum atomic E-state index is -4.72. The fourth-order valence-corrected chi connectivity index (χ4v) is 2.29. The molecule has 9 heteroatoms. The molecule has 0 heterocycles. The van der Waals surface area contributed by atoms with Gasteiger partial charge in [0.1, 0.15) is 0 Å². The summed E-state index contributed by atoms with van der Waals surface area (Å²) in [6.07, 6.45) is 0. The smallest absolute Gasteiger partial charge is 0.324 e. The van der Waals surface area contributed by atoms with Gasteiger partial charge in [0.15, 0.2) is 5.90 Å². The maximum Gasteiger partial charge on any atom is 0.372 e. The minimum Gasteiger partial charge on any atom is -0.324 e. The highest BCUT2D eigenvalue weighted by molar-refractivity contribution is 7.69. The zero-order valence-electron chi connectivity index (χ0n) is 4.55. The van der Waals surface area contributed by atoms with Gasteiger partial charge in [-0.2, -0.15) is 0 Å². The molecule has 0 bridgehead atoms. The second-order valence-corrected chi connectivity index (χ2v) is 5.39. The first-order valence-corrected chi connectivity index (χ1v) is 5.49. The van der Waals surface area contributed by atoms with Gasteiger partial charge in [-0.25, -0.2) is 0 Å². The van der Waals surface area contributed by atoms with Gasteiger partial charge in [-0.1, -0.05) is 0 Å². The largest absolute Gasteiger partial charge is 0.372 e. The van der Waals surface area contributed by atoms with Crippen molar-refractivity contribution in [3.63, 3.8) is 0 Å². The van der Waals surface area contributed by atoms with Crippen molar-refractivity contribution in [3.8, 4) is 0 Å². The van der Waals surface area contributed by atoms with E-state index < -0.39 is 21.1 Å². The third-order valence-corrected chi connectivity index (χ3v) is 3.59. The Hall–Kier alpha value is 0.230. The summed E-state index contributed by atoms with van der Waals surface area (Å²) in [5, 5.41) is 0. The molecule has 0 spiro atoms. The molecule has 62 valence electrons. The predicted octanol–water partition coefficient (Wildman–Crippen LogP) is 0.208. The first-order chi connectivity index (χ1) is 4.27. The monoisotopic (exact) mass is 194 g/mol. The summed E-state index contributed by atoms with van der Waals surface area (Å²) in [5.41, 5.74) is 0.